The zero-order valence-corrected chi connectivity index (χ0v) is 11.8. The molecule has 0 radical (unpaired) electrons. The third-order valence-electron chi connectivity index (χ3n) is 2.79. The fourth-order valence-corrected chi connectivity index (χ4v) is 1.79. The molecule has 0 spiro atoms. The van der Waals surface area contributed by atoms with Crippen molar-refractivity contribution in [2.45, 2.75) is 33.0 Å². The van der Waals surface area contributed by atoms with E-state index in [0.29, 0.717) is 12.6 Å². The van der Waals surface area contributed by atoms with Crippen molar-refractivity contribution in [3.63, 3.8) is 0 Å². The molecule has 102 valence electrons. The monoisotopic (exact) mass is 259 g/mol. The van der Waals surface area contributed by atoms with Crippen molar-refractivity contribution in [1.29, 1.82) is 0 Å². The van der Waals surface area contributed by atoms with Crippen LogP contribution in [0.5, 0.6) is 5.75 Å². The van der Waals surface area contributed by atoms with Crippen LogP contribution in [0.15, 0.2) is 36.7 Å². The Kier molecular flexibility index (Phi) is 4.58. The SMILES string of the molecule is CC(C)NCc1cccc(COc2cnn(C)c2)c1. The predicted octanol–water partition coefficient (Wildman–Crippen LogP) is 2.50. The number of aryl methyl sites for hydroxylation is 1. The van der Waals surface area contributed by atoms with Crippen LogP contribution in [0, 0.1) is 0 Å². The Labute approximate surface area is 114 Å². The molecule has 1 N–H and O–H groups in total. The minimum Gasteiger partial charge on any atom is -0.486 e. The molecule has 0 saturated heterocycles. The second-order valence-corrected chi connectivity index (χ2v) is 4.99. The van der Waals surface area contributed by atoms with E-state index in [0.717, 1.165) is 12.3 Å². The van der Waals surface area contributed by atoms with Gasteiger partial charge in [-0.15, -0.1) is 0 Å². The lowest BCUT2D eigenvalue weighted by Crippen LogP contribution is -2.21. The zero-order chi connectivity index (χ0) is 13.7. The fourth-order valence-electron chi connectivity index (χ4n) is 1.79. The summed E-state index contributed by atoms with van der Waals surface area (Å²) < 4.78 is 7.42. The fraction of sp³-hybridized carbons (Fsp3) is 0.400. The van der Waals surface area contributed by atoms with E-state index in [4.69, 9.17) is 4.74 Å². The first-order chi connectivity index (χ1) is 9.13. The molecule has 1 heterocycles. The summed E-state index contributed by atoms with van der Waals surface area (Å²) in [6.45, 7) is 5.75. The number of nitrogens with one attached hydrogen (secondary N) is 1. The topological polar surface area (TPSA) is 39.1 Å². The van der Waals surface area contributed by atoms with Crippen molar-refractivity contribution >= 4 is 0 Å². The third kappa shape index (κ3) is 4.41. The third-order valence-corrected chi connectivity index (χ3v) is 2.79. The molecule has 0 unspecified atom stereocenters. The van der Waals surface area contributed by atoms with Gasteiger partial charge in [0.25, 0.3) is 0 Å². The van der Waals surface area contributed by atoms with Gasteiger partial charge < -0.3 is 10.1 Å². The molecule has 0 bridgehead atoms. The highest BCUT2D eigenvalue weighted by Gasteiger charge is 2.00. The zero-order valence-electron chi connectivity index (χ0n) is 11.8. The van der Waals surface area contributed by atoms with Crippen LogP contribution in [0.2, 0.25) is 0 Å². The Hall–Kier alpha value is -1.81. The summed E-state index contributed by atoms with van der Waals surface area (Å²) in [7, 11) is 1.88. The number of hydrogen-bond donors (Lipinski definition) is 1. The van der Waals surface area contributed by atoms with Gasteiger partial charge in [-0.3, -0.25) is 4.68 Å². The van der Waals surface area contributed by atoms with Gasteiger partial charge >= 0.3 is 0 Å². The lowest BCUT2D eigenvalue weighted by atomic mass is 10.1. The molecular formula is C15H21N3O. The standard InChI is InChI=1S/C15H21N3O/c1-12(2)16-8-13-5-4-6-14(7-13)11-19-15-9-17-18(3)10-15/h4-7,9-10,12,16H,8,11H2,1-3H3. The Morgan fingerprint density at radius 1 is 1.32 bits per heavy atom. The Morgan fingerprint density at radius 2 is 2.11 bits per heavy atom. The smallest absolute Gasteiger partial charge is 0.157 e. The first kappa shape index (κ1) is 13.6. The van der Waals surface area contributed by atoms with E-state index in [1.54, 1.807) is 10.9 Å². The minimum atomic E-state index is 0.496. The lowest BCUT2D eigenvalue weighted by Gasteiger charge is -2.09. The van der Waals surface area contributed by atoms with Crippen LogP contribution in [0.3, 0.4) is 0 Å². The second-order valence-electron chi connectivity index (χ2n) is 4.99. The Bertz CT molecular complexity index is 520. The number of ether oxygens (including phenoxy) is 1. The van der Waals surface area contributed by atoms with Gasteiger partial charge in [0.05, 0.1) is 12.4 Å². The van der Waals surface area contributed by atoms with Gasteiger partial charge in [-0.25, -0.2) is 0 Å². The quantitative estimate of drug-likeness (QED) is 0.866. The van der Waals surface area contributed by atoms with Crippen LogP contribution in [0.1, 0.15) is 25.0 Å². The number of rotatable bonds is 6. The van der Waals surface area contributed by atoms with Crippen molar-refractivity contribution in [1.82, 2.24) is 15.1 Å². The van der Waals surface area contributed by atoms with E-state index in [9.17, 15) is 0 Å². The molecule has 0 saturated carbocycles. The summed E-state index contributed by atoms with van der Waals surface area (Å²) in [4.78, 5) is 0. The van der Waals surface area contributed by atoms with Crippen molar-refractivity contribution < 1.29 is 4.74 Å². The van der Waals surface area contributed by atoms with Crippen LogP contribution in [0.25, 0.3) is 0 Å². The molecule has 2 aromatic rings. The summed E-state index contributed by atoms with van der Waals surface area (Å²) in [5.41, 5.74) is 2.45. The van der Waals surface area contributed by atoms with E-state index < -0.39 is 0 Å². The average Bonchev–Trinajstić information content (AvgIpc) is 2.80. The van der Waals surface area contributed by atoms with Crippen molar-refractivity contribution in [2.24, 2.45) is 7.05 Å². The van der Waals surface area contributed by atoms with Gasteiger partial charge in [0.15, 0.2) is 5.75 Å². The summed E-state index contributed by atoms with van der Waals surface area (Å²) in [6, 6.07) is 8.94. The molecule has 19 heavy (non-hydrogen) atoms. The van der Waals surface area contributed by atoms with E-state index >= 15 is 0 Å². The van der Waals surface area contributed by atoms with E-state index in [-0.39, 0.29) is 0 Å². The number of benzene rings is 1. The molecule has 1 aromatic carbocycles. The van der Waals surface area contributed by atoms with E-state index in [1.807, 2.05) is 13.2 Å². The Morgan fingerprint density at radius 3 is 2.79 bits per heavy atom. The molecule has 0 aliphatic heterocycles. The molecule has 1 aromatic heterocycles. The molecule has 4 heteroatoms. The number of nitrogens with zero attached hydrogens (tertiary/aromatic N) is 2. The highest BCUT2D eigenvalue weighted by molar-refractivity contribution is 5.23. The van der Waals surface area contributed by atoms with Crippen molar-refractivity contribution in [2.75, 3.05) is 0 Å². The molecule has 0 aliphatic rings. The molecule has 0 amide bonds. The molecule has 0 fully saturated rings. The van der Waals surface area contributed by atoms with Gasteiger partial charge in [-0.05, 0) is 11.1 Å². The maximum atomic E-state index is 5.69. The molecular weight excluding hydrogens is 238 g/mol. The van der Waals surface area contributed by atoms with Crippen LogP contribution >= 0.6 is 0 Å². The molecule has 0 aliphatic carbocycles. The van der Waals surface area contributed by atoms with Crippen LogP contribution in [-0.4, -0.2) is 15.8 Å². The Balaban J connectivity index is 1.91. The van der Waals surface area contributed by atoms with Crippen LogP contribution < -0.4 is 10.1 Å². The van der Waals surface area contributed by atoms with Crippen LogP contribution in [0.4, 0.5) is 0 Å². The maximum absolute atomic E-state index is 5.69. The molecule has 4 nitrogen and oxygen atoms in total. The lowest BCUT2D eigenvalue weighted by molar-refractivity contribution is 0.306. The highest BCUT2D eigenvalue weighted by atomic mass is 16.5. The predicted molar refractivity (Wildman–Crippen MR) is 76.0 cm³/mol. The largest absolute Gasteiger partial charge is 0.486 e. The first-order valence-corrected chi connectivity index (χ1v) is 6.56. The maximum Gasteiger partial charge on any atom is 0.157 e. The van der Waals surface area contributed by atoms with Gasteiger partial charge in [-0.1, -0.05) is 38.1 Å². The summed E-state index contributed by atoms with van der Waals surface area (Å²) >= 11 is 0. The summed E-state index contributed by atoms with van der Waals surface area (Å²) in [5.74, 6) is 0.799. The van der Waals surface area contributed by atoms with E-state index in [2.05, 4.69) is 48.5 Å². The summed E-state index contributed by atoms with van der Waals surface area (Å²) in [6.07, 6.45) is 3.59. The number of hydrogen-bond acceptors (Lipinski definition) is 3. The average molecular weight is 259 g/mol. The van der Waals surface area contributed by atoms with Gasteiger partial charge in [0, 0.05) is 19.6 Å². The highest BCUT2D eigenvalue weighted by Crippen LogP contribution is 2.12. The van der Waals surface area contributed by atoms with Gasteiger partial charge in [0.2, 0.25) is 0 Å². The summed E-state index contributed by atoms with van der Waals surface area (Å²) in [5, 5.41) is 7.49. The van der Waals surface area contributed by atoms with Crippen molar-refractivity contribution in [3.8, 4) is 5.75 Å². The van der Waals surface area contributed by atoms with Gasteiger partial charge in [-0.2, -0.15) is 5.10 Å². The van der Waals surface area contributed by atoms with E-state index in [1.165, 1.54) is 11.1 Å². The second kappa shape index (κ2) is 6.38. The molecule has 2 rings (SSSR count). The van der Waals surface area contributed by atoms with Crippen LogP contribution in [-0.2, 0) is 20.2 Å². The van der Waals surface area contributed by atoms with Gasteiger partial charge in [0.1, 0.15) is 6.61 Å². The van der Waals surface area contributed by atoms with Crippen molar-refractivity contribution in [3.05, 3.63) is 47.8 Å². The molecule has 0 atom stereocenters. The minimum absolute atomic E-state index is 0.496. The normalized spacial score (nSPS) is 10.9. The first-order valence-electron chi connectivity index (χ1n) is 6.56. The number of aromatic nitrogens is 2.